The highest BCUT2D eigenvalue weighted by Crippen LogP contribution is 2.17. The number of ether oxygens (including phenoxy) is 2. The lowest BCUT2D eigenvalue weighted by atomic mass is 10.2. The number of hydrogen-bond acceptors (Lipinski definition) is 5. The molecule has 148 valence electrons. The van der Waals surface area contributed by atoms with Crippen molar-refractivity contribution in [3.8, 4) is 5.75 Å². The Hall–Kier alpha value is -3.62. The minimum Gasteiger partial charge on any atom is -0.478 e. The molecule has 0 aliphatic heterocycles. The van der Waals surface area contributed by atoms with E-state index in [1.165, 1.54) is 49.4 Å². The largest absolute Gasteiger partial charge is 0.478 e. The molecule has 28 heavy (non-hydrogen) atoms. The Kier molecular flexibility index (Phi) is 7.32. The summed E-state index contributed by atoms with van der Waals surface area (Å²) in [6.07, 6.45) is -1.64. The van der Waals surface area contributed by atoms with Crippen molar-refractivity contribution in [3.63, 3.8) is 0 Å². The van der Waals surface area contributed by atoms with E-state index in [0.29, 0.717) is 5.69 Å². The number of carbonyl (C=O) groups is 3. The Balaban J connectivity index is 1.84. The lowest BCUT2D eigenvalue weighted by Gasteiger charge is -2.15. The van der Waals surface area contributed by atoms with Gasteiger partial charge in [-0.2, -0.15) is 0 Å². The van der Waals surface area contributed by atoms with Crippen LogP contribution in [0.4, 0.5) is 14.9 Å². The van der Waals surface area contributed by atoms with Crippen molar-refractivity contribution in [1.29, 1.82) is 0 Å². The van der Waals surface area contributed by atoms with E-state index in [-0.39, 0.29) is 17.9 Å². The minimum atomic E-state index is -1.03. The molecule has 2 aromatic rings. The van der Waals surface area contributed by atoms with Crippen molar-refractivity contribution in [2.45, 2.75) is 20.0 Å². The molecule has 1 atom stereocenters. The summed E-state index contributed by atoms with van der Waals surface area (Å²) in [4.78, 5) is 35.4. The zero-order valence-electron chi connectivity index (χ0n) is 15.3. The molecule has 8 nitrogen and oxygen atoms in total. The molecule has 0 unspecified atom stereocenters. The Bertz CT molecular complexity index is 842. The molecular formula is C19H20FN3O5. The second-order valence-electron chi connectivity index (χ2n) is 5.56. The summed E-state index contributed by atoms with van der Waals surface area (Å²) in [6.45, 7) is 3.35. The zero-order valence-corrected chi connectivity index (χ0v) is 15.3. The Morgan fingerprint density at radius 2 is 1.71 bits per heavy atom. The second-order valence-corrected chi connectivity index (χ2v) is 5.56. The van der Waals surface area contributed by atoms with Gasteiger partial charge in [0.25, 0.3) is 11.8 Å². The Labute approximate surface area is 161 Å². The predicted molar refractivity (Wildman–Crippen MR) is 99.2 cm³/mol. The van der Waals surface area contributed by atoms with Crippen LogP contribution in [0, 0.1) is 5.82 Å². The van der Waals surface area contributed by atoms with Gasteiger partial charge in [-0.1, -0.05) is 12.1 Å². The van der Waals surface area contributed by atoms with Crippen LogP contribution in [-0.2, 0) is 9.53 Å². The zero-order chi connectivity index (χ0) is 20.5. The van der Waals surface area contributed by atoms with Crippen LogP contribution in [0.25, 0.3) is 0 Å². The topological polar surface area (TPSA) is 106 Å². The fraction of sp³-hybridized carbons (Fsp3) is 0.211. The van der Waals surface area contributed by atoms with Gasteiger partial charge in [0.2, 0.25) is 0 Å². The molecule has 0 heterocycles. The van der Waals surface area contributed by atoms with Crippen LogP contribution in [0.15, 0.2) is 48.5 Å². The van der Waals surface area contributed by atoms with Crippen molar-refractivity contribution in [2.24, 2.45) is 0 Å². The van der Waals surface area contributed by atoms with Crippen LogP contribution in [-0.4, -0.2) is 30.6 Å². The van der Waals surface area contributed by atoms with E-state index in [9.17, 15) is 18.8 Å². The molecule has 3 amide bonds. The molecule has 0 bridgehead atoms. The standard InChI is InChI=1S/C19H20FN3O5/c1-3-27-19(26)21-14-10-8-13(9-11-14)18(25)23-22-17(24)12(2)28-16-7-5-4-6-15(16)20/h4-12H,3H2,1-2H3,(H,21,26)(H,22,24)(H,23,25)/t12-/m1/s1. The second kappa shape index (κ2) is 9.91. The van der Waals surface area contributed by atoms with E-state index in [2.05, 4.69) is 16.2 Å². The summed E-state index contributed by atoms with van der Waals surface area (Å²) < 4.78 is 23.5. The van der Waals surface area contributed by atoms with Gasteiger partial charge in [0.05, 0.1) is 6.61 Å². The molecule has 0 saturated heterocycles. The molecule has 0 aliphatic rings. The Morgan fingerprint density at radius 1 is 1.04 bits per heavy atom. The first kappa shape index (κ1) is 20.7. The highest BCUT2D eigenvalue weighted by atomic mass is 19.1. The average Bonchev–Trinajstić information content (AvgIpc) is 2.68. The SMILES string of the molecule is CCOC(=O)Nc1ccc(C(=O)NNC(=O)[C@@H](C)Oc2ccccc2F)cc1. The van der Waals surface area contributed by atoms with Crippen LogP contribution in [0.1, 0.15) is 24.2 Å². The van der Waals surface area contributed by atoms with E-state index in [0.717, 1.165) is 0 Å². The normalized spacial score (nSPS) is 11.1. The van der Waals surface area contributed by atoms with Crippen molar-refractivity contribution in [1.82, 2.24) is 10.9 Å². The predicted octanol–water partition coefficient (Wildman–Crippen LogP) is 2.62. The smallest absolute Gasteiger partial charge is 0.411 e. The number of para-hydroxylation sites is 1. The van der Waals surface area contributed by atoms with Crippen molar-refractivity contribution in [2.75, 3.05) is 11.9 Å². The van der Waals surface area contributed by atoms with Gasteiger partial charge < -0.3 is 9.47 Å². The van der Waals surface area contributed by atoms with Crippen LogP contribution < -0.4 is 20.9 Å². The monoisotopic (exact) mass is 389 g/mol. The molecule has 0 aromatic heterocycles. The van der Waals surface area contributed by atoms with Crippen LogP contribution in [0.3, 0.4) is 0 Å². The Morgan fingerprint density at radius 3 is 2.36 bits per heavy atom. The molecule has 0 saturated carbocycles. The fourth-order valence-electron chi connectivity index (χ4n) is 2.07. The number of carbonyl (C=O) groups excluding carboxylic acids is 3. The first-order valence-electron chi connectivity index (χ1n) is 8.46. The quantitative estimate of drug-likeness (QED) is 0.659. The molecule has 0 fully saturated rings. The van der Waals surface area contributed by atoms with Gasteiger partial charge in [-0.05, 0) is 50.2 Å². The molecule has 0 radical (unpaired) electrons. The highest BCUT2D eigenvalue weighted by Gasteiger charge is 2.17. The summed E-state index contributed by atoms with van der Waals surface area (Å²) in [5.74, 6) is -1.89. The number of nitrogens with one attached hydrogen (secondary N) is 3. The van der Waals surface area contributed by atoms with Crippen LogP contribution in [0.5, 0.6) is 5.75 Å². The van der Waals surface area contributed by atoms with Crippen molar-refractivity contribution < 1.29 is 28.2 Å². The van der Waals surface area contributed by atoms with Gasteiger partial charge in [0.1, 0.15) is 0 Å². The molecule has 9 heteroatoms. The molecule has 2 rings (SSSR count). The summed E-state index contributed by atoms with van der Waals surface area (Å²) in [5, 5.41) is 2.49. The number of hydrogen-bond donors (Lipinski definition) is 3. The maximum absolute atomic E-state index is 13.5. The maximum Gasteiger partial charge on any atom is 0.411 e. The minimum absolute atomic E-state index is 0.0684. The number of benzene rings is 2. The van der Waals surface area contributed by atoms with Gasteiger partial charge >= 0.3 is 6.09 Å². The van der Waals surface area contributed by atoms with Gasteiger partial charge in [-0.25, -0.2) is 9.18 Å². The molecule has 0 aliphatic carbocycles. The van der Waals surface area contributed by atoms with Gasteiger partial charge in [-0.15, -0.1) is 0 Å². The van der Waals surface area contributed by atoms with Crippen LogP contribution in [0.2, 0.25) is 0 Å². The van der Waals surface area contributed by atoms with E-state index in [1.54, 1.807) is 13.0 Å². The summed E-state index contributed by atoms with van der Waals surface area (Å²) in [6, 6.07) is 11.6. The average molecular weight is 389 g/mol. The fourth-order valence-corrected chi connectivity index (χ4v) is 2.07. The first-order chi connectivity index (χ1) is 13.4. The number of halogens is 1. The van der Waals surface area contributed by atoms with Crippen molar-refractivity contribution in [3.05, 3.63) is 59.9 Å². The van der Waals surface area contributed by atoms with Gasteiger partial charge in [0, 0.05) is 11.3 Å². The van der Waals surface area contributed by atoms with Crippen molar-refractivity contribution >= 4 is 23.6 Å². The van der Waals surface area contributed by atoms with E-state index in [4.69, 9.17) is 9.47 Å². The van der Waals surface area contributed by atoms with E-state index >= 15 is 0 Å². The summed E-state index contributed by atoms with van der Waals surface area (Å²) in [7, 11) is 0. The molecular weight excluding hydrogens is 369 g/mol. The maximum atomic E-state index is 13.5. The van der Waals surface area contributed by atoms with Crippen LogP contribution >= 0.6 is 0 Å². The van der Waals surface area contributed by atoms with Gasteiger partial charge in [-0.3, -0.25) is 25.8 Å². The third kappa shape index (κ3) is 5.97. The van der Waals surface area contributed by atoms with E-state index < -0.39 is 29.8 Å². The number of amides is 3. The molecule has 2 aromatic carbocycles. The molecule has 3 N–H and O–H groups in total. The highest BCUT2D eigenvalue weighted by molar-refractivity contribution is 5.96. The third-order valence-corrected chi connectivity index (χ3v) is 3.48. The number of anilines is 1. The lowest BCUT2D eigenvalue weighted by molar-refractivity contribution is -0.128. The summed E-state index contributed by atoms with van der Waals surface area (Å²) >= 11 is 0. The molecule has 0 spiro atoms. The number of hydrazine groups is 1. The third-order valence-electron chi connectivity index (χ3n) is 3.48. The summed E-state index contributed by atoms with van der Waals surface area (Å²) in [5.41, 5.74) is 5.14. The van der Waals surface area contributed by atoms with E-state index in [1.807, 2.05) is 0 Å². The lowest BCUT2D eigenvalue weighted by Crippen LogP contribution is -2.47. The first-order valence-corrected chi connectivity index (χ1v) is 8.46. The number of rotatable bonds is 6. The van der Waals surface area contributed by atoms with Gasteiger partial charge in [0.15, 0.2) is 17.7 Å².